The Labute approximate surface area is 337 Å². The molecule has 0 atom stereocenters. The zero-order chi connectivity index (χ0) is 37.5. The molecule has 2 aromatic carbocycles. The summed E-state index contributed by atoms with van der Waals surface area (Å²) in [5.74, 6) is 0.909. The Morgan fingerprint density at radius 2 is 1.46 bits per heavy atom. The van der Waals surface area contributed by atoms with E-state index in [4.69, 9.17) is 4.98 Å². The predicted octanol–water partition coefficient (Wildman–Crippen LogP) is 14.8. The van der Waals surface area contributed by atoms with Crippen molar-refractivity contribution in [3.63, 3.8) is 0 Å². The van der Waals surface area contributed by atoms with Crippen molar-refractivity contribution in [3.8, 4) is 11.3 Å². The normalized spacial score (nSPS) is 12.9. The van der Waals surface area contributed by atoms with E-state index < -0.39 is 0 Å². The van der Waals surface area contributed by atoms with Gasteiger partial charge in [-0.05, 0) is 89.6 Å². The maximum Gasteiger partial charge on any atom is 0.164 e. The average Bonchev–Trinajstić information content (AvgIpc) is 3.81. The first-order valence-electron chi connectivity index (χ1n) is 18.6. The number of pyridine rings is 1. The van der Waals surface area contributed by atoms with Crippen LogP contribution in [0.2, 0.25) is 0 Å². The summed E-state index contributed by atoms with van der Waals surface area (Å²) in [7, 11) is 0. The Kier molecular flexibility index (Phi) is 13.5. The number of hydrogen-bond acceptors (Lipinski definition) is 6. The second-order valence-electron chi connectivity index (χ2n) is 16.1. The first-order chi connectivity index (χ1) is 24.0. The molecule has 1 N–H and O–H groups in total. The molecule has 0 saturated carbocycles. The van der Waals surface area contributed by atoms with E-state index in [0.717, 1.165) is 43.4 Å². The summed E-state index contributed by atoms with van der Waals surface area (Å²) in [5, 5.41) is 17.6. The van der Waals surface area contributed by atoms with Crippen LogP contribution in [-0.4, -0.2) is 15.9 Å². The molecule has 1 radical (unpaired) electrons. The number of fused-ring (bicyclic) bond motifs is 6. The molecule has 0 unspecified atom stereocenters. The van der Waals surface area contributed by atoms with Crippen LogP contribution in [0.5, 0.6) is 0 Å². The molecule has 0 aliphatic heterocycles. The van der Waals surface area contributed by atoms with Crippen LogP contribution in [-0.2, 0) is 36.7 Å². The van der Waals surface area contributed by atoms with Crippen LogP contribution in [0.3, 0.4) is 0 Å². The van der Waals surface area contributed by atoms with Gasteiger partial charge in [-0.25, -0.2) is 0 Å². The molecule has 4 aromatic heterocycles. The molecule has 52 heavy (non-hydrogen) atoms. The minimum absolute atomic E-state index is 0. The van der Waals surface area contributed by atoms with Crippen LogP contribution in [0.4, 0.5) is 0 Å². The zero-order valence-corrected chi connectivity index (χ0v) is 37.9. The summed E-state index contributed by atoms with van der Waals surface area (Å²) in [6.07, 6.45) is 7.84. The molecule has 0 spiro atoms. The fourth-order valence-corrected chi connectivity index (χ4v) is 10.1. The third kappa shape index (κ3) is 8.15. The number of carbonyl (C=O) groups excluding carboxylic acids is 1. The van der Waals surface area contributed by atoms with Gasteiger partial charge in [0.25, 0.3) is 0 Å². The van der Waals surface area contributed by atoms with E-state index in [2.05, 4.69) is 83.3 Å². The topological polar surface area (TPSA) is 50.2 Å². The van der Waals surface area contributed by atoms with Crippen LogP contribution in [0.25, 0.3) is 51.6 Å². The minimum atomic E-state index is -0.337. The van der Waals surface area contributed by atoms with E-state index in [9.17, 15) is 9.90 Å². The minimum Gasteiger partial charge on any atom is -0.512 e. The van der Waals surface area contributed by atoms with Crippen molar-refractivity contribution < 1.29 is 30.0 Å². The molecule has 0 saturated heterocycles. The number of nitrogens with zero attached hydrogens (tertiary/aromatic N) is 1. The second kappa shape index (κ2) is 16.5. The Morgan fingerprint density at radius 1 is 0.865 bits per heavy atom. The number of hydrogen-bond donors (Lipinski definition) is 1. The Hall–Kier alpha value is -2.41. The number of aliphatic hydroxyl groups is 1. The molecule has 4 heterocycles. The van der Waals surface area contributed by atoms with Crippen molar-refractivity contribution >= 4 is 80.1 Å². The number of thiophene rings is 3. The Morgan fingerprint density at radius 3 is 2.04 bits per heavy atom. The molecule has 0 bridgehead atoms. The molecular formula is C45H56IrNO2S3-. The maximum absolute atomic E-state index is 12.2. The van der Waals surface area contributed by atoms with Gasteiger partial charge < -0.3 is 5.11 Å². The van der Waals surface area contributed by atoms with E-state index in [1.54, 1.807) is 0 Å². The number of allylic oxidation sites excluding steroid dienone is 2. The number of carbonyl (C=O) groups is 1. The number of aromatic nitrogens is 1. The summed E-state index contributed by atoms with van der Waals surface area (Å²) in [6, 6.07) is 15.1. The number of benzene rings is 2. The molecular weight excluding hydrogens is 875 g/mol. The summed E-state index contributed by atoms with van der Waals surface area (Å²) >= 11 is 5.64. The third-order valence-electron chi connectivity index (χ3n) is 11.2. The van der Waals surface area contributed by atoms with E-state index in [0.29, 0.717) is 5.92 Å². The van der Waals surface area contributed by atoms with Crippen molar-refractivity contribution in [1.29, 1.82) is 0 Å². The quantitative estimate of drug-likeness (QED) is 0.0846. The average molecular weight is 931 g/mol. The number of aryl methyl sites for hydroxylation is 1. The van der Waals surface area contributed by atoms with Crippen molar-refractivity contribution in [2.45, 2.75) is 121 Å². The van der Waals surface area contributed by atoms with Gasteiger partial charge in [0.05, 0.1) is 0 Å². The second-order valence-corrected chi connectivity index (χ2v) is 19.4. The van der Waals surface area contributed by atoms with Crippen molar-refractivity contribution in [2.75, 3.05) is 0 Å². The maximum atomic E-state index is 12.2. The molecule has 0 aliphatic carbocycles. The number of ketones is 1. The Balaban J connectivity index is 0.000000289. The van der Waals surface area contributed by atoms with Crippen molar-refractivity contribution in [2.24, 2.45) is 16.7 Å². The number of aliphatic hydroxyl groups excluding tert-OH is 1. The fourth-order valence-electron chi connectivity index (χ4n) is 6.81. The van der Waals surface area contributed by atoms with Gasteiger partial charge in [0.1, 0.15) is 5.76 Å². The van der Waals surface area contributed by atoms with Gasteiger partial charge in [-0.15, -0.1) is 46.3 Å². The van der Waals surface area contributed by atoms with E-state index in [1.807, 2.05) is 81.7 Å². The smallest absolute Gasteiger partial charge is 0.164 e. The summed E-state index contributed by atoms with van der Waals surface area (Å²) in [4.78, 5) is 18.6. The Bertz CT molecular complexity index is 2220. The van der Waals surface area contributed by atoms with Crippen molar-refractivity contribution in [1.82, 2.24) is 4.98 Å². The van der Waals surface area contributed by atoms with Crippen LogP contribution < -0.4 is 0 Å². The molecule has 7 heteroatoms. The summed E-state index contributed by atoms with van der Waals surface area (Å²) in [5.41, 5.74) is 4.52. The molecule has 6 rings (SSSR count). The largest absolute Gasteiger partial charge is 0.512 e. The fraction of sp³-hybridized carbons (Fsp3) is 0.467. The van der Waals surface area contributed by atoms with E-state index in [-0.39, 0.29) is 47.9 Å². The standard InChI is InChI=1S/C30H28NS3.C15H28O2.Ir/c1-16(2)13-20-17(3)33-22-7-8-23-26(25(20)22)27-24(34-23)9-11-31-28(27)19-14-18-10-12-32-29(18)21(15-19)30(4,5)6;1-7-14(5,8-2)12(16)11-13(17)15(6,9-3)10-4;/h7-12,15-16H,13H2,1-6H3;11,16H,7-10H2,1-6H3;/q-1;;/b;12-11-;. The van der Waals surface area contributed by atoms with E-state index in [1.165, 1.54) is 62.4 Å². The van der Waals surface area contributed by atoms with Gasteiger partial charge in [-0.1, -0.05) is 87.3 Å². The van der Waals surface area contributed by atoms with Gasteiger partial charge in [0.15, 0.2) is 5.78 Å². The van der Waals surface area contributed by atoms with Crippen molar-refractivity contribution in [3.05, 3.63) is 75.8 Å². The van der Waals surface area contributed by atoms with Gasteiger partial charge in [-0.3, -0.25) is 9.78 Å². The first-order valence-corrected chi connectivity index (χ1v) is 21.1. The molecule has 6 aromatic rings. The van der Waals surface area contributed by atoms with Gasteiger partial charge >= 0.3 is 0 Å². The van der Waals surface area contributed by atoms with Crippen LogP contribution in [0.1, 0.15) is 118 Å². The number of rotatable bonds is 10. The monoisotopic (exact) mass is 931 g/mol. The van der Waals surface area contributed by atoms with Gasteiger partial charge in [0.2, 0.25) is 0 Å². The van der Waals surface area contributed by atoms with Crippen LogP contribution in [0, 0.1) is 29.7 Å². The summed E-state index contributed by atoms with van der Waals surface area (Å²) in [6.45, 7) is 25.9. The SMILES string of the molecule is CCC(C)(CC)C(=O)/C=C(\O)C(C)(CC)CC.Cc1sc2ccc3sc4ccnc(-c5[c-]c6ccsc6c(C(C)(C)C)c5)c4c3c2c1CC(C)C.[Ir]. The van der Waals surface area contributed by atoms with E-state index >= 15 is 0 Å². The summed E-state index contributed by atoms with van der Waals surface area (Å²) < 4.78 is 5.40. The molecule has 0 fully saturated rings. The van der Waals surface area contributed by atoms with Gasteiger partial charge in [-0.2, -0.15) is 11.3 Å². The van der Waals surface area contributed by atoms with Crippen LogP contribution in [0.15, 0.2) is 53.7 Å². The molecule has 0 amide bonds. The zero-order valence-electron chi connectivity index (χ0n) is 33.1. The third-order valence-corrected chi connectivity index (χ3v) is 14.4. The first kappa shape index (κ1) is 42.3. The van der Waals surface area contributed by atoms with Crippen LogP contribution >= 0.6 is 34.0 Å². The predicted molar refractivity (Wildman–Crippen MR) is 227 cm³/mol. The molecule has 281 valence electrons. The van der Waals surface area contributed by atoms with Gasteiger partial charge in [0, 0.05) is 78.7 Å². The molecule has 3 nitrogen and oxygen atoms in total. The molecule has 0 aliphatic rings.